The van der Waals surface area contributed by atoms with Gasteiger partial charge in [-0.15, -0.1) is 0 Å². The summed E-state index contributed by atoms with van der Waals surface area (Å²) in [7, 11) is 0. The average molecular weight is 260 g/mol. The lowest BCUT2D eigenvalue weighted by Crippen LogP contribution is -2.31. The van der Waals surface area contributed by atoms with Gasteiger partial charge in [0.15, 0.2) is 11.4 Å². The normalized spacial score (nSPS) is 23.0. The molecule has 100 valence electrons. The lowest BCUT2D eigenvalue weighted by molar-refractivity contribution is 0.0260. The zero-order chi connectivity index (χ0) is 13.5. The van der Waals surface area contributed by atoms with Crippen LogP contribution < -0.4 is 4.90 Å². The maximum atomic E-state index is 10.6. The van der Waals surface area contributed by atoms with E-state index in [9.17, 15) is 5.11 Å². The maximum absolute atomic E-state index is 10.6. The predicted molar refractivity (Wildman–Crippen MR) is 68.7 cm³/mol. The zero-order valence-corrected chi connectivity index (χ0v) is 11.0. The molecule has 2 aromatic rings. The van der Waals surface area contributed by atoms with Crippen LogP contribution in [0.1, 0.15) is 23.7 Å². The minimum atomic E-state index is -1.06. The van der Waals surface area contributed by atoms with Crippen molar-refractivity contribution in [2.45, 2.75) is 25.9 Å². The van der Waals surface area contributed by atoms with E-state index in [1.165, 1.54) is 0 Å². The van der Waals surface area contributed by atoms with E-state index in [1.54, 1.807) is 13.1 Å². The van der Waals surface area contributed by atoms with Crippen LogP contribution in [0.15, 0.2) is 23.0 Å². The van der Waals surface area contributed by atoms with Crippen molar-refractivity contribution >= 4 is 5.69 Å². The van der Waals surface area contributed by atoms with Crippen LogP contribution in [-0.4, -0.2) is 33.3 Å². The molecule has 19 heavy (non-hydrogen) atoms. The fourth-order valence-corrected chi connectivity index (χ4v) is 2.48. The highest BCUT2D eigenvalue weighted by molar-refractivity contribution is 5.53. The van der Waals surface area contributed by atoms with Crippen LogP contribution in [0.5, 0.6) is 0 Å². The Hall–Kier alpha value is -1.95. The fraction of sp³-hybridized carbons (Fsp3) is 0.462. The van der Waals surface area contributed by atoms with Crippen LogP contribution in [-0.2, 0) is 5.60 Å². The molecule has 0 radical (unpaired) electrons. The first kappa shape index (κ1) is 12.1. The van der Waals surface area contributed by atoms with Crippen molar-refractivity contribution in [2.75, 3.05) is 18.0 Å². The number of hydrogen-bond donors (Lipinski definition) is 1. The molecule has 6 nitrogen and oxygen atoms in total. The van der Waals surface area contributed by atoms with Crippen LogP contribution in [0.2, 0.25) is 0 Å². The summed E-state index contributed by atoms with van der Waals surface area (Å²) in [4.78, 5) is 10.4. The van der Waals surface area contributed by atoms with Gasteiger partial charge in [-0.05, 0) is 25.5 Å². The number of anilines is 1. The summed E-state index contributed by atoms with van der Waals surface area (Å²) in [5.41, 5.74) is 1.12. The Morgan fingerprint density at radius 3 is 2.95 bits per heavy atom. The number of nitrogens with zero attached hydrogens (tertiary/aromatic N) is 4. The van der Waals surface area contributed by atoms with Gasteiger partial charge in [-0.1, -0.05) is 5.16 Å². The molecule has 3 heterocycles. The van der Waals surface area contributed by atoms with Gasteiger partial charge in [-0.3, -0.25) is 4.98 Å². The number of rotatable bonds is 2. The van der Waals surface area contributed by atoms with E-state index in [-0.39, 0.29) is 0 Å². The van der Waals surface area contributed by atoms with Gasteiger partial charge in [0.25, 0.3) is 5.89 Å². The Balaban J connectivity index is 1.86. The largest absolute Gasteiger partial charge is 0.378 e. The van der Waals surface area contributed by atoms with Gasteiger partial charge in [-0.2, -0.15) is 4.98 Å². The molecule has 2 aromatic heterocycles. The number of pyridine rings is 1. The van der Waals surface area contributed by atoms with Crippen molar-refractivity contribution in [3.63, 3.8) is 0 Å². The molecular formula is C13H16N4O2. The molecule has 1 unspecified atom stereocenters. The Bertz CT molecular complexity index is 598. The summed E-state index contributed by atoms with van der Waals surface area (Å²) in [6.45, 7) is 4.97. The third-order valence-corrected chi connectivity index (χ3v) is 3.50. The van der Waals surface area contributed by atoms with Crippen molar-refractivity contribution in [3.8, 4) is 0 Å². The van der Waals surface area contributed by atoms with Crippen LogP contribution in [0, 0.1) is 13.8 Å². The van der Waals surface area contributed by atoms with E-state index in [0.717, 1.165) is 17.8 Å². The lowest BCUT2D eigenvalue weighted by Gasteiger charge is -2.22. The molecule has 1 fully saturated rings. The number of β-amino-alcohol motifs (C(OH)–C–C–N with tert-alkyl or cyclic N) is 1. The summed E-state index contributed by atoms with van der Waals surface area (Å²) in [6, 6.07) is 1.96. The van der Waals surface area contributed by atoms with E-state index in [0.29, 0.717) is 24.7 Å². The first-order valence-corrected chi connectivity index (χ1v) is 6.27. The van der Waals surface area contributed by atoms with E-state index in [4.69, 9.17) is 4.52 Å². The molecule has 1 N–H and O–H groups in total. The van der Waals surface area contributed by atoms with Crippen molar-refractivity contribution in [3.05, 3.63) is 35.7 Å². The number of aryl methyl sites for hydroxylation is 2. The topological polar surface area (TPSA) is 75.3 Å². The molecule has 0 aliphatic carbocycles. The lowest BCUT2D eigenvalue weighted by atomic mass is 10.0. The third kappa shape index (κ3) is 2.08. The monoisotopic (exact) mass is 260 g/mol. The first-order valence-electron chi connectivity index (χ1n) is 6.27. The van der Waals surface area contributed by atoms with Gasteiger partial charge < -0.3 is 14.5 Å². The SMILES string of the molecule is Cc1noc(C2(O)CCN(c3ccncc3C)C2)n1. The minimum absolute atomic E-state index is 0.305. The van der Waals surface area contributed by atoms with Crippen molar-refractivity contribution in [2.24, 2.45) is 0 Å². The van der Waals surface area contributed by atoms with Gasteiger partial charge in [0.1, 0.15) is 0 Å². The summed E-state index contributed by atoms with van der Waals surface area (Å²) in [6.07, 6.45) is 4.16. The molecule has 6 heteroatoms. The molecule has 1 aliphatic heterocycles. The molecule has 1 atom stereocenters. The second-order valence-electron chi connectivity index (χ2n) is 5.01. The summed E-state index contributed by atoms with van der Waals surface area (Å²) in [5.74, 6) is 0.848. The molecule has 3 rings (SSSR count). The van der Waals surface area contributed by atoms with Crippen molar-refractivity contribution in [1.82, 2.24) is 15.1 Å². The molecule has 0 bridgehead atoms. The molecule has 1 aliphatic rings. The Morgan fingerprint density at radius 1 is 1.42 bits per heavy atom. The molecule has 0 amide bonds. The Kier molecular flexibility index (Phi) is 2.74. The standard InChI is InChI=1S/C13H16N4O2/c1-9-7-14-5-3-11(9)17-6-4-13(18,8-17)12-15-10(2)16-19-12/h3,5,7,18H,4,6,8H2,1-2H3. The summed E-state index contributed by atoms with van der Waals surface area (Å²) >= 11 is 0. The Morgan fingerprint density at radius 2 is 2.26 bits per heavy atom. The molecular weight excluding hydrogens is 244 g/mol. The average Bonchev–Trinajstić information content (AvgIpc) is 2.98. The fourth-order valence-electron chi connectivity index (χ4n) is 2.48. The van der Waals surface area contributed by atoms with Gasteiger partial charge in [-0.25, -0.2) is 0 Å². The molecule has 1 saturated heterocycles. The van der Waals surface area contributed by atoms with Gasteiger partial charge in [0.2, 0.25) is 0 Å². The quantitative estimate of drug-likeness (QED) is 0.874. The van der Waals surface area contributed by atoms with Crippen molar-refractivity contribution in [1.29, 1.82) is 0 Å². The highest BCUT2D eigenvalue weighted by Crippen LogP contribution is 2.34. The molecule has 0 aromatic carbocycles. The Labute approximate surface area is 111 Å². The maximum Gasteiger partial charge on any atom is 0.260 e. The van der Waals surface area contributed by atoms with Gasteiger partial charge >= 0.3 is 0 Å². The van der Waals surface area contributed by atoms with E-state index >= 15 is 0 Å². The van der Waals surface area contributed by atoms with Gasteiger partial charge in [0.05, 0.1) is 6.54 Å². The first-order chi connectivity index (χ1) is 9.08. The number of hydrogen-bond acceptors (Lipinski definition) is 6. The highest BCUT2D eigenvalue weighted by atomic mass is 16.5. The summed E-state index contributed by atoms with van der Waals surface area (Å²) < 4.78 is 5.12. The van der Waals surface area contributed by atoms with Crippen LogP contribution >= 0.6 is 0 Å². The van der Waals surface area contributed by atoms with Gasteiger partial charge in [0, 0.05) is 31.0 Å². The number of aliphatic hydroxyl groups is 1. The predicted octanol–water partition coefficient (Wildman–Crippen LogP) is 1.18. The third-order valence-electron chi connectivity index (χ3n) is 3.50. The second kappa shape index (κ2) is 4.31. The van der Waals surface area contributed by atoms with E-state index < -0.39 is 5.60 Å². The smallest absolute Gasteiger partial charge is 0.260 e. The second-order valence-corrected chi connectivity index (χ2v) is 5.01. The number of aromatic nitrogens is 3. The molecule has 0 saturated carbocycles. The zero-order valence-electron chi connectivity index (χ0n) is 11.0. The van der Waals surface area contributed by atoms with E-state index in [1.807, 2.05) is 19.2 Å². The van der Waals surface area contributed by atoms with E-state index in [2.05, 4.69) is 20.0 Å². The van der Waals surface area contributed by atoms with Crippen LogP contribution in [0.4, 0.5) is 5.69 Å². The van der Waals surface area contributed by atoms with Crippen LogP contribution in [0.25, 0.3) is 0 Å². The van der Waals surface area contributed by atoms with Crippen molar-refractivity contribution < 1.29 is 9.63 Å². The minimum Gasteiger partial charge on any atom is -0.378 e. The van der Waals surface area contributed by atoms with Crippen LogP contribution in [0.3, 0.4) is 0 Å². The molecule has 0 spiro atoms. The highest BCUT2D eigenvalue weighted by Gasteiger charge is 2.42. The summed E-state index contributed by atoms with van der Waals surface area (Å²) in [5, 5.41) is 14.4.